The van der Waals surface area contributed by atoms with Crippen LogP contribution in [0.3, 0.4) is 0 Å². The Bertz CT molecular complexity index is 915. The summed E-state index contributed by atoms with van der Waals surface area (Å²) in [6.45, 7) is 1.50. The van der Waals surface area contributed by atoms with Crippen LogP contribution in [0, 0.1) is 0 Å². The lowest BCUT2D eigenvalue weighted by Crippen LogP contribution is -2.40. The van der Waals surface area contributed by atoms with Crippen molar-refractivity contribution in [3.8, 4) is 5.75 Å². The third kappa shape index (κ3) is 5.23. The van der Waals surface area contributed by atoms with Gasteiger partial charge in [0.15, 0.2) is 0 Å². The van der Waals surface area contributed by atoms with Gasteiger partial charge in [-0.25, -0.2) is 8.42 Å². The van der Waals surface area contributed by atoms with Gasteiger partial charge < -0.3 is 14.8 Å². The van der Waals surface area contributed by atoms with E-state index in [-0.39, 0.29) is 34.5 Å². The average Bonchev–Trinajstić information content (AvgIpc) is 2.71. The van der Waals surface area contributed by atoms with Gasteiger partial charge in [0.1, 0.15) is 5.75 Å². The zero-order valence-corrected chi connectivity index (χ0v) is 16.7. The molecule has 0 atom stereocenters. The molecule has 1 saturated heterocycles. The maximum absolute atomic E-state index is 12.8. The monoisotopic (exact) mass is 424 g/mol. The lowest BCUT2D eigenvalue weighted by molar-refractivity contribution is -0.116. The topological polar surface area (TPSA) is 84.9 Å². The number of amides is 1. The first-order valence-electron chi connectivity index (χ1n) is 8.82. The second-order valence-corrected chi connectivity index (χ2v) is 8.46. The number of rotatable bonds is 7. The molecule has 28 heavy (non-hydrogen) atoms. The molecule has 1 aliphatic heterocycles. The molecular weight excluding hydrogens is 404 g/mol. The summed E-state index contributed by atoms with van der Waals surface area (Å²) in [6.07, 6.45) is 0.103. The van der Waals surface area contributed by atoms with E-state index >= 15 is 0 Å². The molecule has 0 radical (unpaired) electrons. The molecule has 0 saturated carbocycles. The third-order valence-corrected chi connectivity index (χ3v) is 6.39. The van der Waals surface area contributed by atoms with E-state index in [1.165, 1.54) is 22.5 Å². The molecule has 9 heteroatoms. The van der Waals surface area contributed by atoms with Gasteiger partial charge in [0.05, 0.1) is 41.8 Å². The lowest BCUT2D eigenvalue weighted by Gasteiger charge is -2.26. The predicted octanol–water partition coefficient (Wildman–Crippen LogP) is 2.77. The van der Waals surface area contributed by atoms with Gasteiger partial charge in [0.25, 0.3) is 0 Å². The maximum Gasteiger partial charge on any atom is 0.243 e. The number of hydrogen-bond donors (Lipinski definition) is 1. The van der Waals surface area contributed by atoms with Crippen molar-refractivity contribution in [1.82, 2.24) is 4.31 Å². The molecule has 3 rings (SSSR count). The van der Waals surface area contributed by atoms with Gasteiger partial charge in [0.2, 0.25) is 15.9 Å². The van der Waals surface area contributed by atoms with Crippen LogP contribution in [-0.4, -0.2) is 51.5 Å². The first kappa shape index (κ1) is 20.6. The molecular formula is C19H21ClN2O5S. The van der Waals surface area contributed by atoms with Crippen LogP contribution in [0.1, 0.15) is 6.42 Å². The van der Waals surface area contributed by atoms with E-state index in [0.717, 1.165) is 0 Å². The summed E-state index contributed by atoms with van der Waals surface area (Å²) in [4.78, 5) is 12.3. The van der Waals surface area contributed by atoms with Crippen LogP contribution in [0.25, 0.3) is 0 Å². The van der Waals surface area contributed by atoms with E-state index in [1.54, 1.807) is 12.1 Å². The molecule has 1 amide bonds. The summed E-state index contributed by atoms with van der Waals surface area (Å²) in [5.41, 5.74) is 0.251. The summed E-state index contributed by atoms with van der Waals surface area (Å²) >= 11 is 6.13. The zero-order chi connectivity index (χ0) is 20.0. The van der Waals surface area contributed by atoms with Gasteiger partial charge in [-0.05, 0) is 30.3 Å². The van der Waals surface area contributed by atoms with Gasteiger partial charge in [-0.2, -0.15) is 4.31 Å². The number of para-hydroxylation sites is 1. The van der Waals surface area contributed by atoms with E-state index in [2.05, 4.69) is 5.32 Å². The van der Waals surface area contributed by atoms with Gasteiger partial charge in [0, 0.05) is 13.1 Å². The van der Waals surface area contributed by atoms with Gasteiger partial charge in [-0.3, -0.25) is 4.79 Å². The van der Waals surface area contributed by atoms with Crippen molar-refractivity contribution in [2.24, 2.45) is 0 Å². The minimum atomic E-state index is -3.67. The highest BCUT2D eigenvalue weighted by atomic mass is 35.5. The van der Waals surface area contributed by atoms with E-state index in [4.69, 9.17) is 21.1 Å². The highest BCUT2D eigenvalue weighted by molar-refractivity contribution is 7.89. The smallest absolute Gasteiger partial charge is 0.243 e. The fourth-order valence-corrected chi connectivity index (χ4v) is 4.29. The molecule has 2 aromatic rings. The molecule has 1 fully saturated rings. The quantitative estimate of drug-likeness (QED) is 0.738. The molecule has 1 aliphatic rings. The van der Waals surface area contributed by atoms with Crippen molar-refractivity contribution in [3.05, 3.63) is 53.6 Å². The Balaban J connectivity index is 1.63. The third-order valence-electron chi connectivity index (χ3n) is 4.16. The van der Waals surface area contributed by atoms with Gasteiger partial charge >= 0.3 is 0 Å². The van der Waals surface area contributed by atoms with Crippen LogP contribution in [-0.2, 0) is 19.6 Å². The molecule has 0 aliphatic carbocycles. The van der Waals surface area contributed by atoms with E-state index in [1.807, 2.05) is 18.2 Å². The van der Waals surface area contributed by atoms with Crippen molar-refractivity contribution in [2.75, 3.05) is 38.2 Å². The number of nitrogens with one attached hydrogen (secondary N) is 1. The van der Waals surface area contributed by atoms with Crippen LogP contribution < -0.4 is 10.1 Å². The minimum Gasteiger partial charge on any atom is -0.493 e. The maximum atomic E-state index is 12.8. The second-order valence-electron chi connectivity index (χ2n) is 6.12. The largest absolute Gasteiger partial charge is 0.493 e. The Morgan fingerprint density at radius 1 is 1.14 bits per heavy atom. The molecule has 0 aromatic heterocycles. The van der Waals surface area contributed by atoms with Crippen molar-refractivity contribution < 1.29 is 22.7 Å². The van der Waals surface area contributed by atoms with Crippen molar-refractivity contribution >= 4 is 33.2 Å². The normalized spacial score (nSPS) is 15.2. The highest BCUT2D eigenvalue weighted by Gasteiger charge is 2.27. The Morgan fingerprint density at radius 3 is 2.57 bits per heavy atom. The zero-order valence-electron chi connectivity index (χ0n) is 15.1. The number of nitrogens with zero attached hydrogens (tertiary/aromatic N) is 1. The second kappa shape index (κ2) is 9.38. The first-order valence-corrected chi connectivity index (χ1v) is 10.6. The summed E-state index contributed by atoms with van der Waals surface area (Å²) in [5.74, 6) is 0.352. The Hall–Kier alpha value is -2.13. The standard InChI is InChI=1S/C19H21ClN2O5S/c20-17-7-6-16(28(24,25)22-9-12-26-13-10-22)14-18(17)21-19(23)8-11-27-15-4-2-1-3-5-15/h1-7,14H,8-13H2,(H,21,23). The SMILES string of the molecule is O=C(CCOc1ccccc1)Nc1cc(S(=O)(=O)N2CCOCC2)ccc1Cl. The Morgan fingerprint density at radius 2 is 1.86 bits per heavy atom. The number of ether oxygens (including phenoxy) is 2. The first-order chi connectivity index (χ1) is 13.5. The summed E-state index contributed by atoms with van der Waals surface area (Å²) in [7, 11) is -3.67. The minimum absolute atomic E-state index is 0.0784. The number of morpholine rings is 1. The Labute approximate surface area is 169 Å². The molecule has 150 valence electrons. The number of halogens is 1. The molecule has 1 heterocycles. The van der Waals surface area contributed by atoms with Crippen LogP contribution in [0.5, 0.6) is 5.75 Å². The summed E-state index contributed by atoms with van der Waals surface area (Å²) in [5, 5.41) is 2.92. The van der Waals surface area contributed by atoms with Crippen LogP contribution >= 0.6 is 11.6 Å². The lowest BCUT2D eigenvalue weighted by atomic mass is 10.3. The number of benzene rings is 2. The summed E-state index contributed by atoms with van der Waals surface area (Å²) in [6, 6.07) is 13.4. The average molecular weight is 425 g/mol. The number of hydrogen-bond acceptors (Lipinski definition) is 5. The van der Waals surface area contributed by atoms with E-state index < -0.39 is 10.0 Å². The number of anilines is 1. The summed E-state index contributed by atoms with van der Waals surface area (Å²) < 4.78 is 37.6. The predicted molar refractivity (Wildman–Crippen MR) is 106 cm³/mol. The number of sulfonamides is 1. The van der Waals surface area contributed by atoms with Crippen molar-refractivity contribution in [2.45, 2.75) is 11.3 Å². The van der Waals surface area contributed by atoms with Crippen LogP contribution in [0.2, 0.25) is 5.02 Å². The molecule has 0 spiro atoms. The van der Waals surface area contributed by atoms with Crippen LogP contribution in [0.4, 0.5) is 5.69 Å². The molecule has 1 N–H and O–H groups in total. The number of carbonyl (C=O) groups excluding carboxylic acids is 1. The molecule has 7 nitrogen and oxygen atoms in total. The van der Waals surface area contributed by atoms with Crippen molar-refractivity contribution in [3.63, 3.8) is 0 Å². The fourth-order valence-electron chi connectivity index (χ4n) is 2.69. The molecule has 0 bridgehead atoms. The highest BCUT2D eigenvalue weighted by Crippen LogP contribution is 2.27. The molecule has 0 unspecified atom stereocenters. The van der Waals surface area contributed by atoms with Gasteiger partial charge in [-0.1, -0.05) is 29.8 Å². The fraction of sp³-hybridized carbons (Fsp3) is 0.316. The van der Waals surface area contributed by atoms with Gasteiger partial charge in [-0.15, -0.1) is 0 Å². The van der Waals surface area contributed by atoms with Crippen molar-refractivity contribution in [1.29, 1.82) is 0 Å². The Kier molecular flexibility index (Phi) is 6.90. The number of carbonyl (C=O) groups is 1. The van der Waals surface area contributed by atoms with E-state index in [9.17, 15) is 13.2 Å². The molecule has 2 aromatic carbocycles. The van der Waals surface area contributed by atoms with Crippen LogP contribution in [0.15, 0.2) is 53.4 Å². The van der Waals surface area contributed by atoms with E-state index in [0.29, 0.717) is 32.1 Å².